The molecule has 2 rings (SSSR count). The standard InChI is InChI=1S/C16H25NO2/c1-3-18-10-5-11-19-14-9-8-13-6-4-7-16(17-2)15(13)12-14/h8-9,12,16-17H,3-7,10-11H2,1-2H3. The summed E-state index contributed by atoms with van der Waals surface area (Å²) in [4.78, 5) is 0. The molecule has 0 aromatic heterocycles. The molecule has 0 amide bonds. The van der Waals surface area contributed by atoms with Gasteiger partial charge in [0, 0.05) is 25.7 Å². The molecule has 1 unspecified atom stereocenters. The van der Waals surface area contributed by atoms with Crippen molar-refractivity contribution in [1.82, 2.24) is 5.32 Å². The number of rotatable bonds is 7. The molecule has 1 aliphatic rings. The highest BCUT2D eigenvalue weighted by molar-refractivity contribution is 5.39. The van der Waals surface area contributed by atoms with Crippen LogP contribution in [0.3, 0.4) is 0 Å². The zero-order chi connectivity index (χ0) is 13.5. The van der Waals surface area contributed by atoms with E-state index in [9.17, 15) is 0 Å². The molecule has 0 radical (unpaired) electrons. The third-order valence-corrected chi connectivity index (χ3v) is 3.69. The van der Waals surface area contributed by atoms with Crippen LogP contribution in [-0.2, 0) is 11.2 Å². The Hall–Kier alpha value is -1.06. The van der Waals surface area contributed by atoms with Crippen LogP contribution in [0.1, 0.15) is 43.4 Å². The van der Waals surface area contributed by atoms with Crippen LogP contribution in [0.4, 0.5) is 0 Å². The largest absolute Gasteiger partial charge is 0.493 e. The number of ether oxygens (including phenoxy) is 2. The maximum absolute atomic E-state index is 5.80. The molecule has 1 aromatic carbocycles. The lowest BCUT2D eigenvalue weighted by Gasteiger charge is -2.25. The molecular weight excluding hydrogens is 238 g/mol. The fourth-order valence-electron chi connectivity index (χ4n) is 2.66. The summed E-state index contributed by atoms with van der Waals surface area (Å²) in [6.45, 7) is 4.30. The fraction of sp³-hybridized carbons (Fsp3) is 0.625. The van der Waals surface area contributed by atoms with Crippen molar-refractivity contribution < 1.29 is 9.47 Å². The van der Waals surface area contributed by atoms with Gasteiger partial charge >= 0.3 is 0 Å². The highest BCUT2D eigenvalue weighted by Crippen LogP contribution is 2.32. The normalized spacial score (nSPS) is 18.1. The van der Waals surface area contributed by atoms with Gasteiger partial charge in [0.1, 0.15) is 5.75 Å². The molecule has 1 N–H and O–H groups in total. The number of hydrogen-bond donors (Lipinski definition) is 1. The van der Waals surface area contributed by atoms with Crippen molar-refractivity contribution in [3.8, 4) is 5.75 Å². The number of aryl methyl sites for hydroxylation is 1. The van der Waals surface area contributed by atoms with Crippen molar-refractivity contribution in [3.63, 3.8) is 0 Å². The van der Waals surface area contributed by atoms with Crippen molar-refractivity contribution in [2.75, 3.05) is 26.9 Å². The van der Waals surface area contributed by atoms with Gasteiger partial charge in [-0.2, -0.15) is 0 Å². The lowest BCUT2D eigenvalue weighted by Crippen LogP contribution is -2.21. The molecule has 3 heteroatoms. The van der Waals surface area contributed by atoms with Crippen molar-refractivity contribution in [3.05, 3.63) is 29.3 Å². The SMILES string of the molecule is CCOCCCOc1ccc2c(c1)C(NC)CCC2. The number of hydrogen-bond acceptors (Lipinski definition) is 3. The van der Waals surface area contributed by atoms with Crippen LogP contribution < -0.4 is 10.1 Å². The zero-order valence-electron chi connectivity index (χ0n) is 12.1. The van der Waals surface area contributed by atoms with Gasteiger partial charge in [-0.3, -0.25) is 0 Å². The van der Waals surface area contributed by atoms with E-state index in [2.05, 4.69) is 23.5 Å². The van der Waals surface area contributed by atoms with E-state index < -0.39 is 0 Å². The molecule has 106 valence electrons. The molecule has 0 saturated carbocycles. The first-order chi connectivity index (χ1) is 9.35. The second-order valence-electron chi connectivity index (χ2n) is 4.99. The summed E-state index contributed by atoms with van der Waals surface area (Å²) < 4.78 is 11.1. The molecule has 0 fully saturated rings. The van der Waals surface area contributed by atoms with Crippen LogP contribution in [-0.4, -0.2) is 26.9 Å². The van der Waals surface area contributed by atoms with Gasteiger partial charge in [-0.25, -0.2) is 0 Å². The fourth-order valence-corrected chi connectivity index (χ4v) is 2.66. The summed E-state index contributed by atoms with van der Waals surface area (Å²) in [5.74, 6) is 0.984. The second-order valence-corrected chi connectivity index (χ2v) is 4.99. The van der Waals surface area contributed by atoms with Gasteiger partial charge in [-0.15, -0.1) is 0 Å². The van der Waals surface area contributed by atoms with Crippen molar-refractivity contribution in [1.29, 1.82) is 0 Å². The topological polar surface area (TPSA) is 30.5 Å². The Labute approximate surface area is 116 Å². The first kappa shape index (κ1) is 14.4. The van der Waals surface area contributed by atoms with E-state index in [1.807, 2.05) is 14.0 Å². The molecule has 1 aliphatic carbocycles. The lowest BCUT2D eigenvalue weighted by atomic mass is 9.87. The van der Waals surface area contributed by atoms with Crippen LogP contribution in [0.25, 0.3) is 0 Å². The quantitative estimate of drug-likeness (QED) is 0.767. The van der Waals surface area contributed by atoms with Gasteiger partial charge in [0.15, 0.2) is 0 Å². The summed E-state index contributed by atoms with van der Waals surface area (Å²) in [6, 6.07) is 7.00. The first-order valence-electron chi connectivity index (χ1n) is 7.35. The third kappa shape index (κ3) is 3.95. The molecule has 1 aromatic rings. The molecule has 1 atom stereocenters. The minimum Gasteiger partial charge on any atom is -0.493 e. The molecule has 0 heterocycles. The van der Waals surface area contributed by atoms with E-state index in [-0.39, 0.29) is 0 Å². The van der Waals surface area contributed by atoms with Crippen LogP contribution in [0.5, 0.6) is 5.75 Å². The van der Waals surface area contributed by atoms with Crippen LogP contribution in [0.2, 0.25) is 0 Å². The molecule has 0 bridgehead atoms. The number of benzene rings is 1. The monoisotopic (exact) mass is 263 g/mol. The van der Waals surface area contributed by atoms with Crippen molar-refractivity contribution in [2.24, 2.45) is 0 Å². The maximum atomic E-state index is 5.80. The Morgan fingerprint density at radius 3 is 3.00 bits per heavy atom. The zero-order valence-corrected chi connectivity index (χ0v) is 12.1. The van der Waals surface area contributed by atoms with Crippen LogP contribution in [0, 0.1) is 0 Å². The highest BCUT2D eigenvalue weighted by atomic mass is 16.5. The lowest BCUT2D eigenvalue weighted by molar-refractivity contribution is 0.131. The summed E-state index contributed by atoms with van der Waals surface area (Å²) in [6.07, 6.45) is 4.63. The smallest absolute Gasteiger partial charge is 0.119 e. The molecule has 19 heavy (non-hydrogen) atoms. The average Bonchev–Trinajstić information content (AvgIpc) is 2.46. The van der Waals surface area contributed by atoms with E-state index in [1.165, 1.54) is 30.4 Å². The van der Waals surface area contributed by atoms with Gasteiger partial charge in [0.2, 0.25) is 0 Å². The third-order valence-electron chi connectivity index (χ3n) is 3.69. The Morgan fingerprint density at radius 2 is 2.21 bits per heavy atom. The Morgan fingerprint density at radius 1 is 1.32 bits per heavy atom. The molecule has 0 saturated heterocycles. The van der Waals surface area contributed by atoms with Gasteiger partial charge in [-0.05, 0) is 56.5 Å². The molecular formula is C16H25NO2. The van der Waals surface area contributed by atoms with Gasteiger partial charge < -0.3 is 14.8 Å². The summed E-state index contributed by atoms with van der Waals surface area (Å²) in [5.41, 5.74) is 2.88. The second kappa shape index (κ2) is 7.51. The average molecular weight is 263 g/mol. The molecule has 3 nitrogen and oxygen atoms in total. The summed E-state index contributed by atoms with van der Waals surface area (Å²) >= 11 is 0. The van der Waals surface area contributed by atoms with Crippen LogP contribution in [0.15, 0.2) is 18.2 Å². The van der Waals surface area contributed by atoms with Crippen LogP contribution >= 0.6 is 0 Å². The van der Waals surface area contributed by atoms with E-state index in [1.54, 1.807) is 0 Å². The Bertz CT molecular complexity index is 392. The minimum absolute atomic E-state index is 0.482. The summed E-state index contributed by atoms with van der Waals surface area (Å²) in [7, 11) is 2.04. The predicted molar refractivity (Wildman–Crippen MR) is 77.8 cm³/mol. The van der Waals surface area contributed by atoms with Gasteiger partial charge in [-0.1, -0.05) is 6.07 Å². The minimum atomic E-state index is 0.482. The Balaban J connectivity index is 1.92. The van der Waals surface area contributed by atoms with E-state index >= 15 is 0 Å². The number of nitrogens with one attached hydrogen (secondary N) is 1. The number of fused-ring (bicyclic) bond motifs is 1. The van der Waals surface area contributed by atoms with Crippen molar-refractivity contribution in [2.45, 2.75) is 38.6 Å². The Kier molecular flexibility index (Phi) is 5.67. The van der Waals surface area contributed by atoms with E-state index in [0.29, 0.717) is 6.04 Å². The maximum Gasteiger partial charge on any atom is 0.119 e. The van der Waals surface area contributed by atoms with Crippen molar-refractivity contribution >= 4 is 0 Å². The molecule has 0 aliphatic heterocycles. The van der Waals surface area contributed by atoms with Gasteiger partial charge in [0.05, 0.1) is 6.61 Å². The van der Waals surface area contributed by atoms with E-state index in [0.717, 1.165) is 32.0 Å². The summed E-state index contributed by atoms with van der Waals surface area (Å²) in [5, 5.41) is 3.40. The highest BCUT2D eigenvalue weighted by Gasteiger charge is 2.18. The van der Waals surface area contributed by atoms with Gasteiger partial charge in [0.25, 0.3) is 0 Å². The van der Waals surface area contributed by atoms with E-state index in [4.69, 9.17) is 9.47 Å². The molecule has 0 spiro atoms. The predicted octanol–water partition coefficient (Wildman–Crippen LogP) is 3.09. The first-order valence-corrected chi connectivity index (χ1v) is 7.35.